The van der Waals surface area contributed by atoms with Gasteiger partial charge in [-0.1, -0.05) is 35.9 Å². The van der Waals surface area contributed by atoms with Crippen LogP contribution in [0.4, 0.5) is 5.69 Å². The third kappa shape index (κ3) is 2.66. The van der Waals surface area contributed by atoms with E-state index in [1.807, 2.05) is 25.1 Å². The van der Waals surface area contributed by atoms with E-state index in [1.165, 1.54) is 0 Å². The second kappa shape index (κ2) is 5.02. The zero-order valence-electron chi connectivity index (χ0n) is 9.39. The molecule has 0 atom stereocenters. The van der Waals surface area contributed by atoms with Crippen LogP contribution in [0.3, 0.4) is 0 Å². The molecule has 2 aromatic rings. The van der Waals surface area contributed by atoms with Gasteiger partial charge in [0.15, 0.2) is 0 Å². The summed E-state index contributed by atoms with van der Waals surface area (Å²) in [4.78, 5) is 4.32. The van der Waals surface area contributed by atoms with Crippen molar-refractivity contribution in [2.45, 2.75) is 6.92 Å². The maximum Gasteiger partial charge on any atom is 0.124 e. The highest BCUT2D eigenvalue weighted by atomic mass is 35.5. The summed E-state index contributed by atoms with van der Waals surface area (Å²) < 4.78 is 0. The standard InChI is InChI=1S/C14H12ClNO/c1-10-5-4-7-12(15)14(10)16-9-11-6-2-3-8-13(11)17/h2-9,17H,1H3. The van der Waals surface area contributed by atoms with Crippen molar-refractivity contribution in [1.82, 2.24) is 0 Å². The molecule has 0 spiro atoms. The van der Waals surface area contributed by atoms with Gasteiger partial charge < -0.3 is 5.11 Å². The fourth-order valence-corrected chi connectivity index (χ4v) is 1.79. The molecule has 0 aliphatic heterocycles. The van der Waals surface area contributed by atoms with Gasteiger partial charge >= 0.3 is 0 Å². The van der Waals surface area contributed by atoms with Crippen LogP contribution in [-0.2, 0) is 0 Å². The van der Waals surface area contributed by atoms with Gasteiger partial charge in [0.1, 0.15) is 5.75 Å². The number of rotatable bonds is 2. The first-order chi connectivity index (χ1) is 8.18. The van der Waals surface area contributed by atoms with Crippen LogP contribution in [0.1, 0.15) is 11.1 Å². The van der Waals surface area contributed by atoms with Crippen molar-refractivity contribution in [3.63, 3.8) is 0 Å². The highest BCUT2D eigenvalue weighted by Gasteiger charge is 2.01. The monoisotopic (exact) mass is 245 g/mol. The predicted octanol–water partition coefficient (Wildman–Crippen LogP) is 4.10. The smallest absolute Gasteiger partial charge is 0.124 e. The fourth-order valence-electron chi connectivity index (χ4n) is 1.52. The second-order valence-electron chi connectivity index (χ2n) is 3.72. The largest absolute Gasteiger partial charge is 0.507 e. The van der Waals surface area contributed by atoms with Crippen LogP contribution < -0.4 is 0 Å². The molecule has 0 unspecified atom stereocenters. The summed E-state index contributed by atoms with van der Waals surface area (Å²) in [5, 5.41) is 10.2. The number of benzene rings is 2. The summed E-state index contributed by atoms with van der Waals surface area (Å²) >= 11 is 6.06. The molecule has 0 amide bonds. The first kappa shape index (κ1) is 11.7. The number of phenolic OH excluding ortho intramolecular Hbond substituents is 1. The molecule has 2 aromatic carbocycles. The zero-order valence-corrected chi connectivity index (χ0v) is 10.1. The lowest BCUT2D eigenvalue weighted by molar-refractivity contribution is 0.474. The summed E-state index contributed by atoms with van der Waals surface area (Å²) in [6.07, 6.45) is 1.61. The van der Waals surface area contributed by atoms with Crippen LogP contribution in [0.15, 0.2) is 47.5 Å². The number of phenols is 1. The van der Waals surface area contributed by atoms with E-state index >= 15 is 0 Å². The van der Waals surface area contributed by atoms with Crippen LogP contribution in [0.2, 0.25) is 5.02 Å². The Morgan fingerprint density at radius 1 is 1.12 bits per heavy atom. The average molecular weight is 246 g/mol. The Hall–Kier alpha value is -1.80. The van der Waals surface area contributed by atoms with E-state index in [-0.39, 0.29) is 5.75 Å². The molecule has 86 valence electrons. The first-order valence-electron chi connectivity index (χ1n) is 5.25. The van der Waals surface area contributed by atoms with Crippen LogP contribution in [0, 0.1) is 6.92 Å². The number of para-hydroxylation sites is 2. The van der Waals surface area contributed by atoms with Gasteiger partial charge in [-0.3, -0.25) is 4.99 Å². The molecule has 0 aromatic heterocycles. The van der Waals surface area contributed by atoms with Gasteiger partial charge in [-0.2, -0.15) is 0 Å². The molecule has 0 saturated carbocycles. The molecule has 0 aliphatic rings. The van der Waals surface area contributed by atoms with Gasteiger partial charge in [0.25, 0.3) is 0 Å². The minimum absolute atomic E-state index is 0.209. The highest BCUT2D eigenvalue weighted by molar-refractivity contribution is 6.33. The van der Waals surface area contributed by atoms with E-state index in [2.05, 4.69) is 4.99 Å². The van der Waals surface area contributed by atoms with Gasteiger partial charge in [-0.25, -0.2) is 0 Å². The summed E-state index contributed by atoms with van der Waals surface area (Å²) in [5.74, 6) is 0.209. The van der Waals surface area contributed by atoms with Crippen molar-refractivity contribution in [2.24, 2.45) is 4.99 Å². The second-order valence-corrected chi connectivity index (χ2v) is 4.13. The summed E-state index contributed by atoms with van der Waals surface area (Å²) in [6.45, 7) is 1.95. The predicted molar refractivity (Wildman–Crippen MR) is 71.5 cm³/mol. The van der Waals surface area contributed by atoms with Crippen LogP contribution in [0.25, 0.3) is 0 Å². The van der Waals surface area contributed by atoms with Crippen molar-refractivity contribution < 1.29 is 5.11 Å². The number of hydrogen-bond donors (Lipinski definition) is 1. The Morgan fingerprint density at radius 3 is 2.59 bits per heavy atom. The van der Waals surface area contributed by atoms with Crippen molar-refractivity contribution in [3.05, 3.63) is 58.6 Å². The molecular formula is C14H12ClNO. The maximum absolute atomic E-state index is 9.60. The summed E-state index contributed by atoms with van der Waals surface area (Å²) in [7, 11) is 0. The normalized spacial score (nSPS) is 10.9. The van der Waals surface area contributed by atoms with E-state index in [4.69, 9.17) is 11.6 Å². The number of aliphatic imine (C=N–C) groups is 1. The van der Waals surface area contributed by atoms with Crippen molar-refractivity contribution in [3.8, 4) is 5.75 Å². The molecule has 2 nitrogen and oxygen atoms in total. The lowest BCUT2D eigenvalue weighted by atomic mass is 10.2. The van der Waals surface area contributed by atoms with Gasteiger partial charge in [0.05, 0.1) is 10.7 Å². The molecule has 0 bridgehead atoms. The Labute approximate surface area is 105 Å². The first-order valence-corrected chi connectivity index (χ1v) is 5.63. The Kier molecular flexibility index (Phi) is 3.45. The molecule has 2 rings (SSSR count). The van der Waals surface area contributed by atoms with Crippen LogP contribution >= 0.6 is 11.6 Å². The number of hydrogen-bond acceptors (Lipinski definition) is 2. The van der Waals surface area contributed by atoms with Gasteiger partial charge in [0.2, 0.25) is 0 Å². The molecule has 0 fully saturated rings. The fraction of sp³-hybridized carbons (Fsp3) is 0.0714. The maximum atomic E-state index is 9.60. The van der Waals surface area contributed by atoms with E-state index in [0.717, 1.165) is 11.3 Å². The van der Waals surface area contributed by atoms with E-state index < -0.39 is 0 Å². The zero-order chi connectivity index (χ0) is 12.3. The molecule has 0 heterocycles. The number of halogens is 1. The number of aromatic hydroxyl groups is 1. The van der Waals surface area contributed by atoms with Crippen molar-refractivity contribution in [1.29, 1.82) is 0 Å². The molecular weight excluding hydrogens is 234 g/mol. The quantitative estimate of drug-likeness (QED) is 0.794. The number of nitrogens with zero attached hydrogens (tertiary/aromatic N) is 1. The molecule has 0 saturated heterocycles. The van der Waals surface area contributed by atoms with Gasteiger partial charge in [-0.15, -0.1) is 0 Å². The summed E-state index contributed by atoms with van der Waals surface area (Å²) in [5.41, 5.74) is 2.41. The van der Waals surface area contributed by atoms with Crippen molar-refractivity contribution in [2.75, 3.05) is 0 Å². The summed E-state index contributed by atoms with van der Waals surface area (Å²) in [6, 6.07) is 12.7. The lowest BCUT2D eigenvalue weighted by Gasteiger charge is -2.02. The van der Waals surface area contributed by atoms with Gasteiger partial charge in [0, 0.05) is 11.8 Å². The third-order valence-electron chi connectivity index (χ3n) is 2.46. The van der Waals surface area contributed by atoms with Crippen molar-refractivity contribution >= 4 is 23.5 Å². The minimum atomic E-state index is 0.209. The van der Waals surface area contributed by atoms with E-state index in [1.54, 1.807) is 30.5 Å². The topological polar surface area (TPSA) is 32.6 Å². The van der Waals surface area contributed by atoms with E-state index in [0.29, 0.717) is 10.6 Å². The molecule has 0 aliphatic carbocycles. The molecule has 0 radical (unpaired) electrons. The Balaban J connectivity index is 2.36. The minimum Gasteiger partial charge on any atom is -0.507 e. The van der Waals surface area contributed by atoms with Gasteiger partial charge in [-0.05, 0) is 30.7 Å². The molecule has 17 heavy (non-hydrogen) atoms. The Bertz CT molecular complexity index is 544. The molecule has 1 N–H and O–H groups in total. The highest BCUT2D eigenvalue weighted by Crippen LogP contribution is 2.28. The third-order valence-corrected chi connectivity index (χ3v) is 2.76. The van der Waals surface area contributed by atoms with E-state index in [9.17, 15) is 5.11 Å². The van der Waals surface area contributed by atoms with Crippen LogP contribution in [0.5, 0.6) is 5.75 Å². The lowest BCUT2D eigenvalue weighted by Crippen LogP contribution is -1.82. The SMILES string of the molecule is Cc1cccc(Cl)c1N=Cc1ccccc1O. The average Bonchev–Trinajstić information content (AvgIpc) is 2.30. The molecule has 3 heteroatoms. The van der Waals surface area contributed by atoms with Crippen LogP contribution in [-0.4, -0.2) is 11.3 Å². The number of aryl methyl sites for hydroxylation is 1. The Morgan fingerprint density at radius 2 is 1.88 bits per heavy atom.